The molecule has 0 bridgehead atoms. The molecule has 0 aliphatic heterocycles. The Morgan fingerprint density at radius 3 is 3.00 bits per heavy atom. The maximum atomic E-state index is 4.22. The van der Waals surface area contributed by atoms with Crippen LogP contribution in [0.3, 0.4) is 0 Å². The number of nitrogens with one attached hydrogen (secondary N) is 1. The predicted molar refractivity (Wildman–Crippen MR) is 63.8 cm³/mol. The van der Waals surface area contributed by atoms with Crippen LogP contribution in [-0.4, -0.2) is 25.0 Å². The van der Waals surface area contributed by atoms with Gasteiger partial charge in [0.05, 0.1) is 11.9 Å². The van der Waals surface area contributed by atoms with Crippen LogP contribution in [0.4, 0.5) is 0 Å². The molecule has 0 radical (unpaired) electrons. The Balaban J connectivity index is 2.27. The van der Waals surface area contributed by atoms with Crippen LogP contribution in [0.25, 0.3) is 22.3 Å². The number of nitrogens with zero attached hydrogens (tertiary/aromatic N) is 4. The van der Waals surface area contributed by atoms with E-state index >= 15 is 0 Å². The molecule has 0 unspecified atom stereocenters. The quantitative estimate of drug-likeness (QED) is 0.741. The van der Waals surface area contributed by atoms with Gasteiger partial charge in [0, 0.05) is 34.9 Å². The molecule has 3 aromatic heterocycles. The minimum Gasteiger partial charge on any atom is -0.275 e. The maximum Gasteiger partial charge on any atom is 0.181 e. The van der Waals surface area contributed by atoms with Crippen LogP contribution in [0.5, 0.6) is 0 Å². The van der Waals surface area contributed by atoms with Crippen molar-refractivity contribution in [3.8, 4) is 11.3 Å². The van der Waals surface area contributed by atoms with Gasteiger partial charge in [-0.1, -0.05) is 0 Å². The summed E-state index contributed by atoms with van der Waals surface area (Å²) >= 11 is 3.40. The number of aryl methyl sites for hydroxylation is 1. The Hall–Kier alpha value is -1.69. The summed E-state index contributed by atoms with van der Waals surface area (Å²) in [5.41, 5.74) is 2.66. The molecule has 0 spiro atoms. The maximum absolute atomic E-state index is 4.22. The van der Waals surface area contributed by atoms with Gasteiger partial charge in [0.15, 0.2) is 5.65 Å². The van der Waals surface area contributed by atoms with E-state index in [0.29, 0.717) is 5.65 Å². The Morgan fingerprint density at radius 1 is 1.38 bits per heavy atom. The second kappa shape index (κ2) is 3.41. The standard InChI is InChI=1S/C10H8BrN5/c1-16-5-6(3-13-16)9-8-2-7(11)4-12-10(8)15-14-9/h2-5H,1H3,(H,12,14,15). The first-order valence-corrected chi connectivity index (χ1v) is 5.52. The van der Waals surface area contributed by atoms with Gasteiger partial charge < -0.3 is 0 Å². The van der Waals surface area contributed by atoms with Gasteiger partial charge in [0.1, 0.15) is 0 Å². The third-order valence-electron chi connectivity index (χ3n) is 2.37. The van der Waals surface area contributed by atoms with Crippen molar-refractivity contribution in [3.05, 3.63) is 29.1 Å². The molecule has 1 N–H and O–H groups in total. The second-order valence-corrected chi connectivity index (χ2v) is 4.44. The molecule has 0 amide bonds. The van der Waals surface area contributed by atoms with Gasteiger partial charge in [0.2, 0.25) is 0 Å². The summed E-state index contributed by atoms with van der Waals surface area (Å²) in [5.74, 6) is 0. The van der Waals surface area contributed by atoms with Crippen molar-refractivity contribution >= 4 is 27.0 Å². The highest BCUT2D eigenvalue weighted by molar-refractivity contribution is 9.10. The average molecular weight is 278 g/mol. The van der Waals surface area contributed by atoms with E-state index in [4.69, 9.17) is 0 Å². The molecule has 3 aromatic rings. The van der Waals surface area contributed by atoms with Gasteiger partial charge in [-0.15, -0.1) is 0 Å². The smallest absolute Gasteiger partial charge is 0.181 e. The summed E-state index contributed by atoms with van der Waals surface area (Å²) in [6.45, 7) is 0. The molecular formula is C10H8BrN5. The van der Waals surface area contributed by atoms with Crippen molar-refractivity contribution in [1.29, 1.82) is 0 Å². The van der Waals surface area contributed by atoms with E-state index in [9.17, 15) is 0 Å². The lowest BCUT2D eigenvalue weighted by Gasteiger charge is -1.93. The average Bonchev–Trinajstić information content (AvgIpc) is 2.83. The SMILES string of the molecule is Cn1cc(-c2[nH]nc3ncc(Br)cc23)cn1. The summed E-state index contributed by atoms with van der Waals surface area (Å²) < 4.78 is 2.69. The van der Waals surface area contributed by atoms with Crippen molar-refractivity contribution in [2.75, 3.05) is 0 Å². The van der Waals surface area contributed by atoms with Crippen molar-refractivity contribution < 1.29 is 0 Å². The van der Waals surface area contributed by atoms with E-state index in [0.717, 1.165) is 21.1 Å². The zero-order valence-corrected chi connectivity index (χ0v) is 10.1. The number of H-pyrrole nitrogens is 1. The second-order valence-electron chi connectivity index (χ2n) is 3.53. The van der Waals surface area contributed by atoms with Crippen LogP contribution in [0.1, 0.15) is 0 Å². The highest BCUT2D eigenvalue weighted by Crippen LogP contribution is 2.26. The lowest BCUT2D eigenvalue weighted by atomic mass is 10.2. The zero-order valence-electron chi connectivity index (χ0n) is 8.48. The van der Waals surface area contributed by atoms with Crippen LogP contribution >= 0.6 is 15.9 Å². The predicted octanol–water partition coefficient (Wildman–Crippen LogP) is 2.12. The Kier molecular flexibility index (Phi) is 2.03. The number of rotatable bonds is 1. The molecule has 3 rings (SSSR count). The Morgan fingerprint density at radius 2 is 2.25 bits per heavy atom. The fraction of sp³-hybridized carbons (Fsp3) is 0.100. The van der Waals surface area contributed by atoms with Gasteiger partial charge in [-0.2, -0.15) is 10.2 Å². The van der Waals surface area contributed by atoms with Crippen LogP contribution < -0.4 is 0 Å². The van der Waals surface area contributed by atoms with Crippen LogP contribution in [-0.2, 0) is 7.05 Å². The van der Waals surface area contributed by atoms with Gasteiger partial charge in [0.25, 0.3) is 0 Å². The summed E-state index contributed by atoms with van der Waals surface area (Å²) in [4.78, 5) is 4.22. The number of halogens is 1. The number of hydrogen-bond donors (Lipinski definition) is 1. The first kappa shape index (κ1) is 9.53. The normalized spacial score (nSPS) is 11.1. The Bertz CT molecular complexity index is 654. The van der Waals surface area contributed by atoms with Gasteiger partial charge >= 0.3 is 0 Å². The van der Waals surface area contributed by atoms with Gasteiger partial charge in [-0.05, 0) is 22.0 Å². The van der Waals surface area contributed by atoms with Crippen molar-refractivity contribution in [2.45, 2.75) is 0 Å². The highest BCUT2D eigenvalue weighted by Gasteiger charge is 2.10. The molecular weight excluding hydrogens is 270 g/mol. The summed E-state index contributed by atoms with van der Waals surface area (Å²) in [6, 6.07) is 1.99. The first-order chi connectivity index (χ1) is 7.74. The number of aromatic amines is 1. The van der Waals surface area contributed by atoms with Crippen molar-refractivity contribution in [2.24, 2.45) is 7.05 Å². The van der Waals surface area contributed by atoms with E-state index in [1.54, 1.807) is 17.1 Å². The fourth-order valence-electron chi connectivity index (χ4n) is 1.64. The van der Waals surface area contributed by atoms with Crippen molar-refractivity contribution in [3.63, 3.8) is 0 Å². The molecule has 80 valence electrons. The van der Waals surface area contributed by atoms with Crippen LogP contribution in [0.2, 0.25) is 0 Å². The van der Waals surface area contributed by atoms with Crippen molar-refractivity contribution in [1.82, 2.24) is 25.0 Å². The number of aromatic nitrogens is 5. The minimum absolute atomic E-state index is 0.710. The van der Waals surface area contributed by atoms with E-state index in [-0.39, 0.29) is 0 Å². The topological polar surface area (TPSA) is 59.4 Å². The number of hydrogen-bond acceptors (Lipinski definition) is 3. The van der Waals surface area contributed by atoms with E-state index in [1.165, 1.54) is 0 Å². The third-order valence-corrected chi connectivity index (χ3v) is 2.80. The van der Waals surface area contributed by atoms with Gasteiger partial charge in [-0.3, -0.25) is 9.78 Å². The molecule has 0 saturated carbocycles. The fourth-order valence-corrected chi connectivity index (χ4v) is 1.98. The molecule has 5 nitrogen and oxygen atoms in total. The number of pyridine rings is 1. The largest absolute Gasteiger partial charge is 0.275 e. The van der Waals surface area contributed by atoms with E-state index in [1.807, 2.05) is 19.3 Å². The van der Waals surface area contributed by atoms with E-state index in [2.05, 4.69) is 36.2 Å². The Labute approximate surface area is 99.6 Å². The molecule has 16 heavy (non-hydrogen) atoms. The van der Waals surface area contributed by atoms with E-state index < -0.39 is 0 Å². The zero-order chi connectivity index (χ0) is 11.1. The lowest BCUT2D eigenvalue weighted by Crippen LogP contribution is -1.84. The molecule has 0 fully saturated rings. The van der Waals surface area contributed by atoms with Crippen LogP contribution in [0, 0.1) is 0 Å². The molecule has 0 aliphatic carbocycles. The summed E-state index contributed by atoms with van der Waals surface area (Å²) in [6.07, 6.45) is 5.47. The summed E-state index contributed by atoms with van der Waals surface area (Å²) in [7, 11) is 1.89. The van der Waals surface area contributed by atoms with Gasteiger partial charge in [-0.25, -0.2) is 4.98 Å². The first-order valence-electron chi connectivity index (χ1n) is 4.72. The summed E-state index contributed by atoms with van der Waals surface area (Å²) in [5, 5.41) is 12.3. The monoisotopic (exact) mass is 277 g/mol. The molecule has 0 aromatic carbocycles. The molecule has 0 aliphatic rings. The minimum atomic E-state index is 0.710. The lowest BCUT2D eigenvalue weighted by molar-refractivity contribution is 0.768. The highest BCUT2D eigenvalue weighted by atomic mass is 79.9. The molecule has 0 saturated heterocycles. The molecule has 3 heterocycles. The molecule has 6 heteroatoms. The molecule has 0 atom stereocenters. The number of fused-ring (bicyclic) bond motifs is 1. The third kappa shape index (κ3) is 1.42. The van der Waals surface area contributed by atoms with Crippen LogP contribution in [0.15, 0.2) is 29.1 Å².